The number of nitrogens with zero attached hydrogens (tertiary/aromatic N) is 5. The molecule has 0 amide bonds. The number of benzene rings is 1. The van der Waals surface area contributed by atoms with Gasteiger partial charge in [-0.05, 0) is 36.6 Å². The molecule has 0 aliphatic heterocycles. The van der Waals surface area contributed by atoms with Gasteiger partial charge in [0, 0.05) is 31.1 Å². The number of ether oxygens (including phenoxy) is 1. The van der Waals surface area contributed by atoms with Crippen molar-refractivity contribution in [2.45, 2.75) is 25.6 Å². The lowest BCUT2D eigenvalue weighted by atomic mass is 10.1. The Labute approximate surface area is 197 Å². The van der Waals surface area contributed by atoms with Crippen LogP contribution in [0.4, 0.5) is 13.2 Å². The van der Waals surface area contributed by atoms with E-state index in [9.17, 15) is 18.0 Å². The Balaban J connectivity index is 1.39. The molecule has 0 fully saturated rings. The third-order valence-corrected chi connectivity index (χ3v) is 5.26. The number of hydrogen-bond acceptors (Lipinski definition) is 5. The molecule has 0 bridgehead atoms. The third kappa shape index (κ3) is 5.82. The first-order valence-corrected chi connectivity index (χ1v) is 10.6. The maximum absolute atomic E-state index is 12.8. The van der Waals surface area contributed by atoms with Crippen molar-refractivity contribution in [1.82, 2.24) is 24.3 Å². The summed E-state index contributed by atoms with van der Waals surface area (Å²) in [7, 11) is 1.79. The van der Waals surface area contributed by atoms with Gasteiger partial charge in [-0.3, -0.25) is 9.25 Å². The zero-order chi connectivity index (χ0) is 24.3. The van der Waals surface area contributed by atoms with Crippen molar-refractivity contribution in [2.75, 3.05) is 0 Å². The van der Waals surface area contributed by atoms with Crippen LogP contribution in [0.15, 0.2) is 65.8 Å². The Morgan fingerprint density at radius 2 is 1.76 bits per heavy atom. The van der Waals surface area contributed by atoms with E-state index < -0.39 is 17.6 Å². The SMILES string of the molecule is Cn1cc(Cn2cc(Cl)c(CCc3ccc(Oc4cccc(C(F)(F)F)n4)cc3)nc2=O)cn1. The molecule has 0 N–H and O–H groups in total. The Hall–Kier alpha value is -3.66. The van der Waals surface area contributed by atoms with E-state index >= 15 is 0 Å². The Kier molecular flexibility index (Phi) is 6.69. The second kappa shape index (κ2) is 9.68. The lowest BCUT2D eigenvalue weighted by molar-refractivity contribution is -0.141. The number of pyridine rings is 1. The van der Waals surface area contributed by atoms with Crippen LogP contribution in [0.5, 0.6) is 11.6 Å². The number of halogens is 4. The first kappa shape index (κ1) is 23.5. The zero-order valence-corrected chi connectivity index (χ0v) is 18.7. The number of hydrogen-bond donors (Lipinski definition) is 0. The van der Waals surface area contributed by atoms with Crippen molar-refractivity contribution in [3.63, 3.8) is 0 Å². The second-order valence-corrected chi connectivity index (χ2v) is 7.98. The third-order valence-electron chi connectivity index (χ3n) is 4.94. The highest BCUT2D eigenvalue weighted by atomic mass is 35.5. The molecule has 3 aromatic heterocycles. The molecule has 34 heavy (non-hydrogen) atoms. The summed E-state index contributed by atoms with van der Waals surface area (Å²) in [5, 5.41) is 4.47. The van der Waals surface area contributed by atoms with Crippen LogP contribution in [0.25, 0.3) is 0 Å². The summed E-state index contributed by atoms with van der Waals surface area (Å²) in [5.74, 6) is 0.204. The van der Waals surface area contributed by atoms with Gasteiger partial charge < -0.3 is 4.74 Å². The molecule has 3 heterocycles. The highest BCUT2D eigenvalue weighted by molar-refractivity contribution is 6.31. The van der Waals surface area contributed by atoms with Crippen molar-refractivity contribution in [3.05, 3.63) is 99.1 Å². The monoisotopic (exact) mass is 489 g/mol. The van der Waals surface area contributed by atoms with E-state index in [0.717, 1.165) is 17.2 Å². The number of rotatable bonds is 7. The fraction of sp³-hybridized carbons (Fsp3) is 0.217. The zero-order valence-electron chi connectivity index (χ0n) is 18.0. The minimum atomic E-state index is -4.54. The summed E-state index contributed by atoms with van der Waals surface area (Å²) in [6.45, 7) is 0.321. The molecule has 0 saturated heterocycles. The molecule has 11 heteroatoms. The molecular weight excluding hydrogens is 471 g/mol. The standard InChI is InChI=1S/C23H19ClF3N5O2/c1-31-12-16(11-28-31)13-32-14-18(24)19(29-22(32)33)10-7-15-5-8-17(9-6-15)34-21-4-2-3-20(30-21)23(25,26)27/h2-6,8-9,11-12,14H,7,10,13H2,1H3. The predicted octanol–water partition coefficient (Wildman–Crippen LogP) is 4.67. The summed E-state index contributed by atoms with van der Waals surface area (Å²) in [6, 6.07) is 10.3. The van der Waals surface area contributed by atoms with Crippen molar-refractivity contribution in [2.24, 2.45) is 7.05 Å². The van der Waals surface area contributed by atoms with E-state index in [1.165, 1.54) is 16.7 Å². The smallest absolute Gasteiger partial charge is 0.433 e. The highest BCUT2D eigenvalue weighted by Gasteiger charge is 2.32. The first-order chi connectivity index (χ1) is 16.2. The Morgan fingerprint density at radius 1 is 1.00 bits per heavy atom. The van der Waals surface area contributed by atoms with Crippen LogP contribution in [0.1, 0.15) is 22.5 Å². The molecule has 7 nitrogen and oxygen atoms in total. The van der Waals surface area contributed by atoms with Gasteiger partial charge in [-0.15, -0.1) is 0 Å². The van der Waals surface area contributed by atoms with Crippen LogP contribution in [0, 0.1) is 0 Å². The van der Waals surface area contributed by atoms with E-state index in [-0.39, 0.29) is 5.88 Å². The van der Waals surface area contributed by atoms with Crippen molar-refractivity contribution in [3.8, 4) is 11.6 Å². The number of alkyl halides is 3. The first-order valence-electron chi connectivity index (χ1n) is 10.2. The molecule has 0 aliphatic carbocycles. The minimum absolute atomic E-state index is 0.148. The fourth-order valence-corrected chi connectivity index (χ4v) is 3.53. The molecule has 4 rings (SSSR count). The van der Waals surface area contributed by atoms with Gasteiger partial charge in [0.2, 0.25) is 5.88 Å². The molecule has 0 radical (unpaired) electrons. The van der Waals surface area contributed by atoms with Gasteiger partial charge in [0.25, 0.3) is 0 Å². The van der Waals surface area contributed by atoms with E-state index in [1.54, 1.807) is 48.4 Å². The molecule has 4 aromatic rings. The van der Waals surface area contributed by atoms with Gasteiger partial charge in [0.1, 0.15) is 11.4 Å². The van der Waals surface area contributed by atoms with E-state index in [2.05, 4.69) is 15.1 Å². The van der Waals surface area contributed by atoms with Crippen molar-refractivity contribution in [1.29, 1.82) is 0 Å². The van der Waals surface area contributed by atoms with Crippen LogP contribution in [0.3, 0.4) is 0 Å². The van der Waals surface area contributed by atoms with Gasteiger partial charge in [0.05, 0.1) is 23.5 Å². The topological polar surface area (TPSA) is 74.8 Å². The van der Waals surface area contributed by atoms with Crippen LogP contribution >= 0.6 is 11.6 Å². The second-order valence-electron chi connectivity index (χ2n) is 7.57. The molecule has 0 atom stereocenters. The van der Waals surface area contributed by atoms with Crippen LogP contribution < -0.4 is 10.4 Å². The summed E-state index contributed by atoms with van der Waals surface area (Å²) in [5.41, 5.74) is 0.844. The molecule has 176 valence electrons. The highest BCUT2D eigenvalue weighted by Crippen LogP contribution is 2.30. The molecule has 0 saturated carbocycles. The van der Waals surface area contributed by atoms with Crippen LogP contribution in [-0.4, -0.2) is 24.3 Å². The summed E-state index contributed by atoms with van der Waals surface area (Å²) >= 11 is 6.35. The quantitative estimate of drug-likeness (QED) is 0.377. The minimum Gasteiger partial charge on any atom is -0.439 e. The van der Waals surface area contributed by atoms with Crippen LogP contribution in [0.2, 0.25) is 5.02 Å². The van der Waals surface area contributed by atoms with E-state index in [1.807, 2.05) is 6.20 Å². The Bertz CT molecular complexity index is 1350. The summed E-state index contributed by atoms with van der Waals surface area (Å²) in [4.78, 5) is 20.0. The van der Waals surface area contributed by atoms with E-state index in [0.29, 0.717) is 35.9 Å². The molecule has 0 spiro atoms. The maximum Gasteiger partial charge on any atom is 0.433 e. The van der Waals surface area contributed by atoms with E-state index in [4.69, 9.17) is 16.3 Å². The summed E-state index contributed by atoms with van der Waals surface area (Å²) < 4.78 is 46.9. The molecule has 0 unspecified atom stereocenters. The lowest BCUT2D eigenvalue weighted by Crippen LogP contribution is -2.24. The average Bonchev–Trinajstić information content (AvgIpc) is 3.20. The lowest BCUT2D eigenvalue weighted by Gasteiger charge is -2.10. The predicted molar refractivity (Wildman–Crippen MR) is 119 cm³/mol. The van der Waals surface area contributed by atoms with Crippen molar-refractivity contribution >= 4 is 11.6 Å². The Morgan fingerprint density at radius 3 is 2.44 bits per heavy atom. The molecular formula is C23H19ClF3N5O2. The van der Waals surface area contributed by atoms with Crippen LogP contribution in [-0.2, 0) is 32.6 Å². The summed E-state index contributed by atoms with van der Waals surface area (Å²) in [6.07, 6.45) is 1.50. The average molecular weight is 490 g/mol. The normalized spacial score (nSPS) is 11.6. The van der Waals surface area contributed by atoms with Gasteiger partial charge in [-0.1, -0.05) is 29.8 Å². The largest absolute Gasteiger partial charge is 0.439 e. The van der Waals surface area contributed by atoms with Gasteiger partial charge in [0.15, 0.2) is 0 Å². The molecule has 1 aromatic carbocycles. The van der Waals surface area contributed by atoms with Gasteiger partial charge in [-0.25, -0.2) is 9.78 Å². The van der Waals surface area contributed by atoms with Crippen molar-refractivity contribution < 1.29 is 17.9 Å². The van der Waals surface area contributed by atoms with Gasteiger partial charge in [-0.2, -0.15) is 23.3 Å². The fourth-order valence-electron chi connectivity index (χ4n) is 3.28. The maximum atomic E-state index is 12.8. The number of aryl methyl sites for hydroxylation is 3. The molecule has 0 aliphatic rings. The number of aromatic nitrogens is 5. The van der Waals surface area contributed by atoms with Gasteiger partial charge >= 0.3 is 11.9 Å².